The van der Waals surface area contributed by atoms with Crippen LogP contribution in [-0.2, 0) is 6.54 Å². The normalized spacial score (nSPS) is 10.7. The molecule has 0 saturated carbocycles. The average Bonchev–Trinajstić information content (AvgIpc) is 2.73. The predicted molar refractivity (Wildman–Crippen MR) is 107 cm³/mol. The van der Waals surface area contributed by atoms with E-state index in [1.165, 1.54) is 0 Å². The van der Waals surface area contributed by atoms with Gasteiger partial charge >= 0.3 is 0 Å². The SMILES string of the molecule is CN(Cc1ccccc1)C(=O)c1cc(-c2ccccc2)nc2ncccc12. The van der Waals surface area contributed by atoms with Gasteiger partial charge in [-0.1, -0.05) is 60.7 Å². The molecule has 2 aromatic heterocycles. The highest BCUT2D eigenvalue weighted by molar-refractivity contribution is 6.06. The van der Waals surface area contributed by atoms with Crippen LogP contribution < -0.4 is 0 Å². The Bertz CT molecular complexity index is 1080. The molecule has 0 radical (unpaired) electrons. The number of pyridine rings is 2. The van der Waals surface area contributed by atoms with Crippen molar-refractivity contribution in [1.29, 1.82) is 0 Å². The molecular formula is C23H19N3O. The molecule has 2 heterocycles. The number of rotatable bonds is 4. The van der Waals surface area contributed by atoms with Crippen molar-refractivity contribution in [2.24, 2.45) is 0 Å². The Labute approximate surface area is 158 Å². The van der Waals surface area contributed by atoms with Gasteiger partial charge in [0.1, 0.15) is 0 Å². The number of amides is 1. The summed E-state index contributed by atoms with van der Waals surface area (Å²) in [5.41, 5.74) is 4.00. The second-order valence-electron chi connectivity index (χ2n) is 6.44. The zero-order valence-electron chi connectivity index (χ0n) is 15.0. The Hall–Kier alpha value is -3.53. The number of nitrogens with zero attached hydrogens (tertiary/aromatic N) is 3. The quantitative estimate of drug-likeness (QED) is 0.540. The number of benzene rings is 2. The summed E-state index contributed by atoms with van der Waals surface area (Å²) >= 11 is 0. The highest BCUT2D eigenvalue weighted by atomic mass is 16.2. The van der Waals surface area contributed by atoms with Gasteiger partial charge in [0, 0.05) is 30.7 Å². The molecule has 0 aliphatic carbocycles. The monoisotopic (exact) mass is 353 g/mol. The Balaban J connectivity index is 1.76. The van der Waals surface area contributed by atoms with Crippen molar-refractivity contribution >= 4 is 16.9 Å². The highest BCUT2D eigenvalue weighted by Crippen LogP contribution is 2.25. The Morgan fingerprint density at radius 1 is 0.926 bits per heavy atom. The van der Waals surface area contributed by atoms with Crippen molar-refractivity contribution in [3.63, 3.8) is 0 Å². The maximum atomic E-state index is 13.2. The van der Waals surface area contributed by atoms with Crippen LogP contribution in [0.5, 0.6) is 0 Å². The van der Waals surface area contributed by atoms with Crippen LogP contribution in [0.25, 0.3) is 22.3 Å². The Kier molecular flexibility index (Phi) is 4.62. The first kappa shape index (κ1) is 16.9. The second-order valence-corrected chi connectivity index (χ2v) is 6.44. The summed E-state index contributed by atoms with van der Waals surface area (Å²) in [6.07, 6.45) is 1.70. The third kappa shape index (κ3) is 3.55. The number of aromatic nitrogens is 2. The minimum Gasteiger partial charge on any atom is -0.337 e. The number of carbonyl (C=O) groups is 1. The van der Waals surface area contributed by atoms with Crippen molar-refractivity contribution in [3.8, 4) is 11.3 Å². The molecular weight excluding hydrogens is 334 g/mol. The fourth-order valence-electron chi connectivity index (χ4n) is 3.13. The van der Waals surface area contributed by atoms with Gasteiger partial charge in [0.25, 0.3) is 5.91 Å². The molecule has 0 aliphatic heterocycles. The number of carbonyl (C=O) groups excluding carboxylic acids is 1. The van der Waals surface area contributed by atoms with Gasteiger partial charge in [-0.3, -0.25) is 4.79 Å². The average molecular weight is 353 g/mol. The first-order valence-corrected chi connectivity index (χ1v) is 8.83. The van der Waals surface area contributed by atoms with Crippen molar-refractivity contribution < 1.29 is 4.79 Å². The van der Waals surface area contributed by atoms with Crippen molar-refractivity contribution in [1.82, 2.24) is 14.9 Å². The minimum atomic E-state index is -0.0450. The van der Waals surface area contributed by atoms with Crippen LogP contribution in [-0.4, -0.2) is 27.8 Å². The molecule has 2 aromatic carbocycles. The summed E-state index contributed by atoms with van der Waals surface area (Å²) in [5.74, 6) is -0.0450. The molecule has 0 unspecified atom stereocenters. The molecule has 0 bridgehead atoms. The van der Waals surface area contributed by atoms with Gasteiger partial charge in [0.05, 0.1) is 11.3 Å². The van der Waals surface area contributed by atoms with E-state index in [0.717, 1.165) is 22.2 Å². The van der Waals surface area contributed by atoms with Crippen molar-refractivity contribution in [2.75, 3.05) is 7.05 Å². The van der Waals surface area contributed by atoms with E-state index in [1.807, 2.05) is 85.9 Å². The maximum Gasteiger partial charge on any atom is 0.254 e. The van der Waals surface area contributed by atoms with Crippen LogP contribution in [0.4, 0.5) is 0 Å². The second kappa shape index (κ2) is 7.38. The summed E-state index contributed by atoms with van der Waals surface area (Å²) in [5, 5.41) is 0.766. The Morgan fingerprint density at radius 3 is 2.37 bits per heavy atom. The molecule has 4 nitrogen and oxygen atoms in total. The van der Waals surface area contributed by atoms with E-state index in [0.29, 0.717) is 17.8 Å². The molecule has 4 rings (SSSR count). The van der Waals surface area contributed by atoms with Gasteiger partial charge in [0.2, 0.25) is 0 Å². The first-order valence-electron chi connectivity index (χ1n) is 8.83. The fourth-order valence-corrected chi connectivity index (χ4v) is 3.13. The third-order valence-corrected chi connectivity index (χ3v) is 4.49. The lowest BCUT2D eigenvalue weighted by Crippen LogP contribution is -2.26. The van der Waals surface area contributed by atoms with Crippen molar-refractivity contribution in [2.45, 2.75) is 6.54 Å². The largest absolute Gasteiger partial charge is 0.337 e. The van der Waals surface area contributed by atoms with Crippen LogP contribution in [0.2, 0.25) is 0 Å². The number of fused-ring (bicyclic) bond motifs is 1. The molecule has 0 atom stereocenters. The van der Waals surface area contributed by atoms with E-state index < -0.39 is 0 Å². The molecule has 1 amide bonds. The highest BCUT2D eigenvalue weighted by Gasteiger charge is 2.18. The minimum absolute atomic E-state index is 0.0450. The lowest BCUT2D eigenvalue weighted by molar-refractivity contribution is 0.0787. The maximum absolute atomic E-state index is 13.2. The molecule has 132 valence electrons. The molecule has 0 aliphatic rings. The van der Waals surface area contributed by atoms with Gasteiger partial charge in [-0.25, -0.2) is 9.97 Å². The number of hydrogen-bond acceptors (Lipinski definition) is 3. The first-order chi connectivity index (χ1) is 13.2. The van der Waals surface area contributed by atoms with Crippen LogP contribution in [0, 0.1) is 0 Å². The molecule has 0 fully saturated rings. The summed E-state index contributed by atoms with van der Waals surface area (Å²) in [7, 11) is 1.82. The lowest BCUT2D eigenvalue weighted by Gasteiger charge is -2.19. The summed E-state index contributed by atoms with van der Waals surface area (Å²) in [6, 6.07) is 25.4. The molecule has 4 heteroatoms. The van der Waals surface area contributed by atoms with Gasteiger partial charge in [0.15, 0.2) is 5.65 Å². The van der Waals surface area contributed by atoms with Crippen LogP contribution >= 0.6 is 0 Å². The van der Waals surface area contributed by atoms with E-state index in [2.05, 4.69) is 9.97 Å². The van der Waals surface area contributed by atoms with E-state index in [9.17, 15) is 4.79 Å². The summed E-state index contributed by atoms with van der Waals surface area (Å²) < 4.78 is 0. The van der Waals surface area contributed by atoms with Gasteiger partial charge in [-0.15, -0.1) is 0 Å². The van der Waals surface area contributed by atoms with E-state index in [1.54, 1.807) is 11.1 Å². The molecule has 4 aromatic rings. The van der Waals surface area contributed by atoms with Crippen LogP contribution in [0.1, 0.15) is 15.9 Å². The van der Waals surface area contributed by atoms with E-state index in [4.69, 9.17) is 0 Å². The summed E-state index contributed by atoms with van der Waals surface area (Å²) in [6.45, 7) is 0.546. The zero-order chi connectivity index (χ0) is 18.6. The standard InChI is InChI=1S/C23H19N3O/c1-26(16-17-9-4-2-5-10-17)23(27)20-15-21(18-11-6-3-7-12-18)25-22-19(20)13-8-14-24-22/h2-15H,16H2,1H3. The van der Waals surface area contributed by atoms with Gasteiger partial charge in [-0.05, 0) is 23.8 Å². The smallest absolute Gasteiger partial charge is 0.254 e. The Morgan fingerprint density at radius 2 is 1.63 bits per heavy atom. The van der Waals surface area contributed by atoms with Gasteiger partial charge in [-0.2, -0.15) is 0 Å². The van der Waals surface area contributed by atoms with Crippen molar-refractivity contribution in [3.05, 3.63) is 96.2 Å². The zero-order valence-corrected chi connectivity index (χ0v) is 15.0. The predicted octanol–water partition coefficient (Wildman–Crippen LogP) is 4.57. The summed E-state index contributed by atoms with van der Waals surface area (Å²) in [4.78, 5) is 24.0. The van der Waals surface area contributed by atoms with E-state index >= 15 is 0 Å². The lowest BCUT2D eigenvalue weighted by atomic mass is 10.0. The molecule has 27 heavy (non-hydrogen) atoms. The van der Waals surface area contributed by atoms with E-state index in [-0.39, 0.29) is 5.91 Å². The van der Waals surface area contributed by atoms with Crippen LogP contribution in [0.15, 0.2) is 85.1 Å². The fraction of sp³-hybridized carbons (Fsp3) is 0.0870. The van der Waals surface area contributed by atoms with Gasteiger partial charge < -0.3 is 4.90 Å². The van der Waals surface area contributed by atoms with Crippen LogP contribution in [0.3, 0.4) is 0 Å². The molecule has 0 N–H and O–H groups in total. The molecule has 0 spiro atoms. The third-order valence-electron chi connectivity index (χ3n) is 4.49. The topological polar surface area (TPSA) is 46.1 Å². The number of hydrogen-bond donors (Lipinski definition) is 0. The molecule has 0 saturated heterocycles.